The van der Waals surface area contributed by atoms with Gasteiger partial charge in [-0.3, -0.25) is 0 Å². The molecular formula is C15H22N2. The molecule has 0 amide bonds. The number of nitriles is 1. The SMILES string of the molecule is CCCCC(C)NCC(C#N)c1ccccc1. The van der Waals surface area contributed by atoms with Crippen LogP contribution in [-0.4, -0.2) is 12.6 Å². The summed E-state index contributed by atoms with van der Waals surface area (Å²) in [6.45, 7) is 5.13. The topological polar surface area (TPSA) is 35.8 Å². The van der Waals surface area contributed by atoms with Crippen molar-refractivity contribution in [2.75, 3.05) is 6.54 Å². The van der Waals surface area contributed by atoms with E-state index in [2.05, 4.69) is 25.2 Å². The van der Waals surface area contributed by atoms with Crippen molar-refractivity contribution in [3.05, 3.63) is 35.9 Å². The van der Waals surface area contributed by atoms with E-state index < -0.39 is 0 Å². The van der Waals surface area contributed by atoms with E-state index in [0.717, 1.165) is 12.1 Å². The van der Waals surface area contributed by atoms with Crippen LogP contribution in [-0.2, 0) is 0 Å². The average molecular weight is 230 g/mol. The Hall–Kier alpha value is -1.33. The van der Waals surface area contributed by atoms with Crippen LogP contribution in [0.2, 0.25) is 0 Å². The van der Waals surface area contributed by atoms with Gasteiger partial charge in [-0.25, -0.2) is 0 Å². The zero-order valence-electron chi connectivity index (χ0n) is 10.8. The number of hydrogen-bond acceptors (Lipinski definition) is 2. The van der Waals surface area contributed by atoms with E-state index in [1.165, 1.54) is 19.3 Å². The highest BCUT2D eigenvalue weighted by atomic mass is 14.9. The lowest BCUT2D eigenvalue weighted by Gasteiger charge is -2.16. The lowest BCUT2D eigenvalue weighted by Crippen LogP contribution is -2.30. The maximum atomic E-state index is 9.18. The first kappa shape index (κ1) is 13.7. The van der Waals surface area contributed by atoms with Crippen LogP contribution in [0.3, 0.4) is 0 Å². The average Bonchev–Trinajstić information content (AvgIpc) is 2.38. The number of unbranched alkanes of at least 4 members (excludes halogenated alkanes) is 1. The second kappa shape index (κ2) is 7.86. The summed E-state index contributed by atoms with van der Waals surface area (Å²) in [5, 5.41) is 12.6. The van der Waals surface area contributed by atoms with Gasteiger partial charge in [-0.05, 0) is 18.9 Å². The summed E-state index contributed by atoms with van der Waals surface area (Å²) in [6.07, 6.45) is 3.66. The summed E-state index contributed by atoms with van der Waals surface area (Å²) in [7, 11) is 0. The first-order chi connectivity index (χ1) is 8.27. The zero-order valence-corrected chi connectivity index (χ0v) is 10.8. The maximum absolute atomic E-state index is 9.18. The molecule has 0 aliphatic heterocycles. The second-order valence-electron chi connectivity index (χ2n) is 4.54. The van der Waals surface area contributed by atoms with E-state index in [0.29, 0.717) is 6.04 Å². The molecule has 17 heavy (non-hydrogen) atoms. The first-order valence-electron chi connectivity index (χ1n) is 6.45. The van der Waals surface area contributed by atoms with Gasteiger partial charge in [-0.2, -0.15) is 5.26 Å². The molecule has 2 nitrogen and oxygen atoms in total. The van der Waals surface area contributed by atoms with Crippen molar-refractivity contribution < 1.29 is 0 Å². The number of benzene rings is 1. The van der Waals surface area contributed by atoms with Crippen molar-refractivity contribution in [3.63, 3.8) is 0 Å². The summed E-state index contributed by atoms with van der Waals surface area (Å²) < 4.78 is 0. The minimum atomic E-state index is -0.0414. The monoisotopic (exact) mass is 230 g/mol. The summed E-state index contributed by atoms with van der Waals surface area (Å²) >= 11 is 0. The van der Waals surface area contributed by atoms with Crippen molar-refractivity contribution in [2.45, 2.75) is 45.1 Å². The molecule has 0 fully saturated rings. The van der Waals surface area contributed by atoms with E-state index >= 15 is 0 Å². The van der Waals surface area contributed by atoms with Gasteiger partial charge in [0.2, 0.25) is 0 Å². The van der Waals surface area contributed by atoms with Crippen molar-refractivity contribution in [1.82, 2.24) is 5.32 Å². The second-order valence-corrected chi connectivity index (χ2v) is 4.54. The van der Waals surface area contributed by atoms with Crippen LogP contribution in [0.4, 0.5) is 0 Å². The molecule has 0 aromatic heterocycles. The van der Waals surface area contributed by atoms with Gasteiger partial charge in [0.1, 0.15) is 0 Å². The number of nitrogens with one attached hydrogen (secondary N) is 1. The van der Waals surface area contributed by atoms with Crippen LogP contribution < -0.4 is 5.32 Å². The van der Waals surface area contributed by atoms with Gasteiger partial charge in [0.05, 0.1) is 12.0 Å². The van der Waals surface area contributed by atoms with Crippen LogP contribution in [0.1, 0.15) is 44.6 Å². The lowest BCUT2D eigenvalue weighted by molar-refractivity contribution is 0.489. The Bertz CT molecular complexity index is 340. The summed E-state index contributed by atoms with van der Waals surface area (Å²) in [5.41, 5.74) is 1.10. The molecule has 2 heteroatoms. The van der Waals surface area contributed by atoms with Crippen LogP contribution in [0, 0.1) is 11.3 Å². The molecule has 0 radical (unpaired) electrons. The van der Waals surface area contributed by atoms with Crippen molar-refractivity contribution >= 4 is 0 Å². The zero-order chi connectivity index (χ0) is 12.5. The molecule has 92 valence electrons. The molecule has 0 aliphatic rings. The fraction of sp³-hybridized carbons (Fsp3) is 0.533. The fourth-order valence-corrected chi connectivity index (χ4v) is 1.85. The van der Waals surface area contributed by atoms with E-state index in [-0.39, 0.29) is 5.92 Å². The normalized spacial score (nSPS) is 13.9. The van der Waals surface area contributed by atoms with Gasteiger partial charge in [-0.15, -0.1) is 0 Å². The van der Waals surface area contributed by atoms with Gasteiger partial charge in [0, 0.05) is 12.6 Å². The standard InChI is InChI=1S/C15H22N2/c1-3-4-8-13(2)17-12-15(11-16)14-9-6-5-7-10-14/h5-7,9-10,13,15,17H,3-4,8,12H2,1-2H3. The molecule has 1 rings (SSSR count). The molecule has 2 unspecified atom stereocenters. The van der Waals surface area contributed by atoms with Gasteiger partial charge < -0.3 is 5.32 Å². The highest BCUT2D eigenvalue weighted by Crippen LogP contribution is 2.13. The Morgan fingerprint density at radius 2 is 2.00 bits per heavy atom. The molecule has 0 saturated carbocycles. The molecular weight excluding hydrogens is 208 g/mol. The minimum absolute atomic E-state index is 0.0414. The molecule has 2 atom stereocenters. The Kier molecular flexibility index (Phi) is 6.35. The van der Waals surface area contributed by atoms with E-state index in [9.17, 15) is 5.26 Å². The third-order valence-corrected chi connectivity index (χ3v) is 3.02. The summed E-state index contributed by atoms with van der Waals surface area (Å²) in [4.78, 5) is 0. The smallest absolute Gasteiger partial charge is 0.0837 e. The molecule has 1 aromatic carbocycles. The summed E-state index contributed by atoms with van der Waals surface area (Å²) in [6, 6.07) is 12.9. The molecule has 0 aliphatic carbocycles. The Morgan fingerprint density at radius 1 is 1.29 bits per heavy atom. The predicted octanol–water partition coefficient (Wildman–Crippen LogP) is 3.46. The van der Waals surface area contributed by atoms with Gasteiger partial charge in [-0.1, -0.05) is 50.1 Å². The molecule has 0 bridgehead atoms. The molecule has 1 aromatic rings. The van der Waals surface area contributed by atoms with E-state index in [1.807, 2.05) is 30.3 Å². The largest absolute Gasteiger partial charge is 0.313 e. The first-order valence-corrected chi connectivity index (χ1v) is 6.45. The van der Waals surface area contributed by atoms with Gasteiger partial charge >= 0.3 is 0 Å². The number of rotatable bonds is 7. The molecule has 0 spiro atoms. The Balaban J connectivity index is 2.41. The number of nitrogens with zero attached hydrogens (tertiary/aromatic N) is 1. The van der Waals surface area contributed by atoms with Gasteiger partial charge in [0.25, 0.3) is 0 Å². The Morgan fingerprint density at radius 3 is 2.59 bits per heavy atom. The van der Waals surface area contributed by atoms with Crippen LogP contribution in [0.25, 0.3) is 0 Å². The lowest BCUT2D eigenvalue weighted by atomic mass is 10.00. The highest BCUT2D eigenvalue weighted by molar-refractivity contribution is 5.25. The molecule has 0 saturated heterocycles. The predicted molar refractivity (Wildman–Crippen MR) is 71.8 cm³/mol. The third kappa shape index (κ3) is 5.01. The van der Waals surface area contributed by atoms with Crippen LogP contribution >= 0.6 is 0 Å². The quantitative estimate of drug-likeness (QED) is 0.778. The number of hydrogen-bond donors (Lipinski definition) is 1. The Labute approximate surface area is 105 Å². The van der Waals surface area contributed by atoms with Crippen LogP contribution in [0.15, 0.2) is 30.3 Å². The van der Waals surface area contributed by atoms with Crippen LogP contribution in [0.5, 0.6) is 0 Å². The third-order valence-electron chi connectivity index (χ3n) is 3.02. The van der Waals surface area contributed by atoms with Crippen molar-refractivity contribution in [1.29, 1.82) is 5.26 Å². The minimum Gasteiger partial charge on any atom is -0.313 e. The highest BCUT2D eigenvalue weighted by Gasteiger charge is 2.11. The fourth-order valence-electron chi connectivity index (χ4n) is 1.85. The summed E-state index contributed by atoms with van der Waals surface area (Å²) in [5.74, 6) is -0.0414. The van der Waals surface area contributed by atoms with Crippen molar-refractivity contribution in [2.24, 2.45) is 0 Å². The van der Waals surface area contributed by atoms with E-state index in [1.54, 1.807) is 0 Å². The molecule has 1 N–H and O–H groups in total. The maximum Gasteiger partial charge on any atom is 0.0837 e. The van der Waals surface area contributed by atoms with Gasteiger partial charge in [0.15, 0.2) is 0 Å². The molecule has 0 heterocycles. The van der Waals surface area contributed by atoms with Crippen molar-refractivity contribution in [3.8, 4) is 6.07 Å². The van der Waals surface area contributed by atoms with E-state index in [4.69, 9.17) is 0 Å².